The summed E-state index contributed by atoms with van der Waals surface area (Å²) in [6, 6.07) is 8.97. The van der Waals surface area contributed by atoms with Gasteiger partial charge in [0.2, 0.25) is 11.7 Å². The van der Waals surface area contributed by atoms with Crippen LogP contribution in [0.4, 0.5) is 0 Å². The van der Waals surface area contributed by atoms with Gasteiger partial charge < -0.3 is 9.47 Å². The number of rotatable bonds is 9. The van der Waals surface area contributed by atoms with Crippen LogP contribution in [0.15, 0.2) is 41.3 Å². The summed E-state index contributed by atoms with van der Waals surface area (Å²) in [5, 5.41) is 0.651. The van der Waals surface area contributed by atoms with Gasteiger partial charge in [0.05, 0.1) is 11.8 Å². The Morgan fingerprint density at radius 2 is 1.89 bits per heavy atom. The zero-order valence-electron chi connectivity index (χ0n) is 20.9. The van der Waals surface area contributed by atoms with Crippen LogP contribution < -0.4 is 10.3 Å². The number of carbonyl (C=O) groups excluding carboxylic acids is 1. The molecule has 0 bridgehead atoms. The summed E-state index contributed by atoms with van der Waals surface area (Å²) >= 11 is 6.03. The van der Waals surface area contributed by atoms with Gasteiger partial charge in [0.1, 0.15) is 11.7 Å². The lowest BCUT2D eigenvalue weighted by Gasteiger charge is -2.35. The van der Waals surface area contributed by atoms with Gasteiger partial charge in [-0.3, -0.25) is 18.6 Å². The molecule has 1 fully saturated rings. The highest BCUT2D eigenvalue weighted by Gasteiger charge is 2.34. The Morgan fingerprint density at radius 3 is 2.54 bits per heavy atom. The predicted molar refractivity (Wildman–Crippen MR) is 137 cm³/mol. The lowest BCUT2D eigenvalue weighted by molar-refractivity contribution is -0.157. The standard InChI is InChI=1S/C27H34ClN3O4/c1-5-6-7-12-30-24(34-21-13-18(14-21)15-25(33)35-27(2,3)4)16-23(32)31-17-22(29-26(30)31)19-8-10-20(28)11-9-19/h8-11,16-18,21H,5-7,12-15H2,1-4H3. The molecule has 1 saturated carbocycles. The topological polar surface area (TPSA) is 74.8 Å². The van der Waals surface area contributed by atoms with Gasteiger partial charge in [-0.05, 0) is 58.1 Å². The number of ether oxygens (including phenoxy) is 2. The van der Waals surface area contributed by atoms with Crippen LogP contribution in [0.3, 0.4) is 0 Å². The number of halogens is 1. The third kappa shape index (κ3) is 6.26. The summed E-state index contributed by atoms with van der Waals surface area (Å²) < 4.78 is 15.3. The number of benzene rings is 1. The molecule has 0 saturated heterocycles. The van der Waals surface area contributed by atoms with E-state index in [9.17, 15) is 9.59 Å². The second-order valence-electron chi connectivity index (χ2n) is 10.4. The number of hydrogen-bond acceptors (Lipinski definition) is 5. The van der Waals surface area contributed by atoms with E-state index in [0.29, 0.717) is 35.3 Å². The van der Waals surface area contributed by atoms with Crippen molar-refractivity contribution in [3.8, 4) is 17.1 Å². The van der Waals surface area contributed by atoms with Gasteiger partial charge in [-0.2, -0.15) is 0 Å². The van der Waals surface area contributed by atoms with Crippen LogP contribution in [0.2, 0.25) is 5.02 Å². The SMILES string of the molecule is CCCCCn1c(OC2CC(CC(=O)OC(C)(C)C)C2)cc(=O)n2cc(-c3ccc(Cl)cc3)nc12. The summed E-state index contributed by atoms with van der Waals surface area (Å²) in [5.74, 6) is 1.17. The van der Waals surface area contributed by atoms with Crippen molar-refractivity contribution >= 4 is 23.3 Å². The van der Waals surface area contributed by atoms with Crippen molar-refractivity contribution in [1.29, 1.82) is 0 Å². The Morgan fingerprint density at radius 1 is 1.17 bits per heavy atom. The lowest BCUT2D eigenvalue weighted by Crippen LogP contribution is -2.37. The van der Waals surface area contributed by atoms with E-state index in [2.05, 4.69) is 6.92 Å². The van der Waals surface area contributed by atoms with Gasteiger partial charge in [0.25, 0.3) is 5.56 Å². The molecule has 0 atom stereocenters. The quantitative estimate of drug-likeness (QED) is 0.271. The number of imidazole rings is 1. The minimum atomic E-state index is -0.476. The first-order chi connectivity index (χ1) is 16.6. The Bertz CT molecular complexity index is 1230. The Hall–Kier alpha value is -2.80. The third-order valence-electron chi connectivity index (χ3n) is 6.16. The smallest absolute Gasteiger partial charge is 0.306 e. The van der Waals surface area contributed by atoms with Gasteiger partial charge >= 0.3 is 5.97 Å². The van der Waals surface area contributed by atoms with E-state index in [1.807, 2.05) is 49.6 Å². The highest BCUT2D eigenvalue weighted by Crippen LogP contribution is 2.34. The van der Waals surface area contributed by atoms with Crippen molar-refractivity contribution < 1.29 is 14.3 Å². The molecule has 35 heavy (non-hydrogen) atoms. The van der Waals surface area contributed by atoms with Crippen molar-refractivity contribution in [2.24, 2.45) is 5.92 Å². The van der Waals surface area contributed by atoms with Gasteiger partial charge in [-0.25, -0.2) is 4.98 Å². The molecule has 0 spiro atoms. The molecule has 0 amide bonds. The number of aryl methyl sites for hydroxylation is 1. The van der Waals surface area contributed by atoms with Crippen LogP contribution in [0.5, 0.6) is 5.88 Å². The fraction of sp³-hybridized carbons (Fsp3) is 0.519. The summed E-state index contributed by atoms with van der Waals surface area (Å²) in [6.07, 6.45) is 6.77. The first kappa shape index (κ1) is 25.3. The minimum absolute atomic E-state index is 0.0348. The summed E-state index contributed by atoms with van der Waals surface area (Å²) in [5.41, 5.74) is 0.944. The molecule has 0 N–H and O–H groups in total. The molecule has 0 aliphatic heterocycles. The number of carbonyl (C=O) groups is 1. The molecule has 4 rings (SSSR count). The number of hydrogen-bond donors (Lipinski definition) is 0. The van der Waals surface area contributed by atoms with Crippen LogP contribution >= 0.6 is 11.6 Å². The maximum Gasteiger partial charge on any atom is 0.306 e. The van der Waals surface area contributed by atoms with Crippen LogP contribution in [0.25, 0.3) is 17.0 Å². The van der Waals surface area contributed by atoms with E-state index in [-0.39, 0.29) is 23.6 Å². The van der Waals surface area contributed by atoms with E-state index >= 15 is 0 Å². The Labute approximate surface area is 211 Å². The number of aromatic nitrogens is 3. The van der Waals surface area contributed by atoms with Crippen LogP contribution in [0, 0.1) is 5.92 Å². The van der Waals surface area contributed by atoms with Gasteiger partial charge in [0.15, 0.2) is 0 Å². The fourth-order valence-corrected chi connectivity index (χ4v) is 4.52. The molecule has 0 radical (unpaired) electrons. The van der Waals surface area contributed by atoms with Crippen LogP contribution in [-0.4, -0.2) is 31.6 Å². The number of fused-ring (bicyclic) bond motifs is 1. The third-order valence-corrected chi connectivity index (χ3v) is 6.41. The molecule has 8 heteroatoms. The number of nitrogens with zero attached hydrogens (tertiary/aromatic N) is 3. The summed E-state index contributed by atoms with van der Waals surface area (Å²) in [4.78, 5) is 29.9. The van der Waals surface area contributed by atoms with E-state index < -0.39 is 5.60 Å². The Kier molecular flexibility index (Phi) is 7.55. The molecule has 3 aromatic rings. The zero-order valence-corrected chi connectivity index (χ0v) is 21.7. The first-order valence-electron chi connectivity index (χ1n) is 12.4. The van der Waals surface area contributed by atoms with Crippen molar-refractivity contribution in [2.45, 2.75) is 84.5 Å². The van der Waals surface area contributed by atoms with Crippen molar-refractivity contribution in [2.75, 3.05) is 0 Å². The van der Waals surface area contributed by atoms with E-state index in [0.717, 1.165) is 37.7 Å². The van der Waals surface area contributed by atoms with E-state index in [1.54, 1.807) is 16.7 Å². The van der Waals surface area contributed by atoms with Crippen molar-refractivity contribution in [3.63, 3.8) is 0 Å². The van der Waals surface area contributed by atoms with Gasteiger partial charge in [0, 0.05) is 29.7 Å². The van der Waals surface area contributed by atoms with Crippen molar-refractivity contribution in [3.05, 3.63) is 51.9 Å². The van der Waals surface area contributed by atoms with Crippen molar-refractivity contribution in [1.82, 2.24) is 14.0 Å². The second kappa shape index (κ2) is 10.4. The van der Waals surface area contributed by atoms with E-state index in [1.165, 1.54) is 0 Å². The summed E-state index contributed by atoms with van der Waals surface area (Å²) in [7, 11) is 0. The fourth-order valence-electron chi connectivity index (χ4n) is 4.39. The lowest BCUT2D eigenvalue weighted by atomic mass is 9.80. The zero-order chi connectivity index (χ0) is 25.2. The highest BCUT2D eigenvalue weighted by atomic mass is 35.5. The monoisotopic (exact) mass is 499 g/mol. The van der Waals surface area contributed by atoms with Crippen LogP contribution in [-0.2, 0) is 16.1 Å². The Balaban J connectivity index is 1.54. The molecule has 1 aromatic carbocycles. The number of esters is 1. The summed E-state index contributed by atoms with van der Waals surface area (Å²) in [6.45, 7) is 8.49. The molecule has 1 aliphatic rings. The maximum atomic E-state index is 13.0. The maximum absolute atomic E-state index is 13.0. The molecule has 2 heterocycles. The van der Waals surface area contributed by atoms with E-state index in [4.69, 9.17) is 26.1 Å². The molecular formula is C27H34ClN3O4. The molecule has 0 unspecified atom stereocenters. The molecule has 188 valence electrons. The average molecular weight is 500 g/mol. The molecule has 7 nitrogen and oxygen atoms in total. The van der Waals surface area contributed by atoms with Gasteiger partial charge in [-0.15, -0.1) is 0 Å². The molecule has 1 aliphatic carbocycles. The van der Waals surface area contributed by atoms with Crippen LogP contribution in [0.1, 0.15) is 66.2 Å². The van der Waals surface area contributed by atoms with Gasteiger partial charge in [-0.1, -0.05) is 43.5 Å². The highest BCUT2D eigenvalue weighted by molar-refractivity contribution is 6.30. The molecular weight excluding hydrogens is 466 g/mol. The number of unbranched alkanes of at least 4 members (excludes halogenated alkanes) is 2. The first-order valence-corrected chi connectivity index (χ1v) is 12.8. The minimum Gasteiger partial charge on any atom is -0.475 e. The normalized spacial score (nSPS) is 17.9. The molecule has 2 aromatic heterocycles. The second-order valence-corrected chi connectivity index (χ2v) is 10.8. The predicted octanol–water partition coefficient (Wildman–Crippen LogP) is 5.90. The largest absolute Gasteiger partial charge is 0.475 e. The average Bonchev–Trinajstić information content (AvgIpc) is 3.19.